The van der Waals surface area contributed by atoms with Gasteiger partial charge in [0.15, 0.2) is 0 Å². The number of aromatic nitrogens is 2. The Morgan fingerprint density at radius 3 is 2.96 bits per heavy atom. The second-order valence-corrected chi connectivity index (χ2v) is 6.09. The molecule has 120 valence electrons. The highest BCUT2D eigenvalue weighted by Gasteiger charge is 2.22. The second-order valence-electron chi connectivity index (χ2n) is 5.28. The van der Waals surface area contributed by atoms with Crippen LogP contribution in [-0.4, -0.2) is 27.4 Å². The van der Waals surface area contributed by atoms with Crippen molar-refractivity contribution in [3.8, 4) is 0 Å². The van der Waals surface area contributed by atoms with Gasteiger partial charge in [0, 0.05) is 19.3 Å². The molecule has 23 heavy (non-hydrogen) atoms. The van der Waals surface area contributed by atoms with Crippen molar-refractivity contribution in [3.63, 3.8) is 0 Å². The van der Waals surface area contributed by atoms with Crippen LogP contribution < -0.4 is 11.1 Å². The van der Waals surface area contributed by atoms with E-state index in [1.165, 1.54) is 0 Å². The summed E-state index contributed by atoms with van der Waals surface area (Å²) in [6.45, 7) is 1.42. The molecule has 3 N–H and O–H groups in total. The summed E-state index contributed by atoms with van der Waals surface area (Å²) in [6.07, 6.45) is 2.44. The van der Waals surface area contributed by atoms with Gasteiger partial charge in [-0.3, -0.25) is 0 Å². The molecule has 0 fully saturated rings. The molecule has 0 radical (unpaired) electrons. The monoisotopic (exact) mass is 351 g/mol. The Hall–Kier alpha value is -2.05. The molecule has 0 atom stereocenters. The van der Waals surface area contributed by atoms with E-state index in [9.17, 15) is 4.79 Å². The fourth-order valence-electron chi connectivity index (χ4n) is 2.43. The number of nitrogens with one attached hydrogen (secondary N) is 1. The summed E-state index contributed by atoms with van der Waals surface area (Å²) in [7, 11) is 0. The topological polar surface area (TPSA) is 84.1 Å². The molecular formula is C15H15Cl2N5O. The van der Waals surface area contributed by atoms with Crippen LogP contribution in [0.3, 0.4) is 0 Å². The number of benzene rings is 1. The Morgan fingerprint density at radius 1 is 1.35 bits per heavy atom. The van der Waals surface area contributed by atoms with E-state index in [0.717, 1.165) is 23.2 Å². The number of hydrogen-bond acceptors (Lipinski definition) is 4. The standard InChI is InChI=1S/C15H15Cl2N5O/c16-11-2-1-9(5-12(11)17)6-20-15(23)22-4-3-10-7-19-14(18)21-13(10)8-22/h1-2,5,7H,3-4,6,8H2,(H,20,23)(H2,18,19,21). The molecule has 2 heterocycles. The molecule has 0 bridgehead atoms. The van der Waals surface area contributed by atoms with Gasteiger partial charge < -0.3 is 16.0 Å². The van der Waals surface area contributed by atoms with E-state index in [0.29, 0.717) is 29.7 Å². The number of rotatable bonds is 2. The maximum atomic E-state index is 12.3. The van der Waals surface area contributed by atoms with Crippen molar-refractivity contribution in [1.29, 1.82) is 0 Å². The van der Waals surface area contributed by atoms with Gasteiger partial charge in [-0.15, -0.1) is 0 Å². The number of amides is 2. The van der Waals surface area contributed by atoms with Crippen LogP contribution in [0.15, 0.2) is 24.4 Å². The highest BCUT2D eigenvalue weighted by atomic mass is 35.5. The Kier molecular flexibility index (Phi) is 4.54. The molecule has 0 saturated carbocycles. The quantitative estimate of drug-likeness (QED) is 0.870. The van der Waals surface area contributed by atoms with E-state index in [1.807, 2.05) is 6.07 Å². The maximum Gasteiger partial charge on any atom is 0.318 e. The lowest BCUT2D eigenvalue weighted by Crippen LogP contribution is -2.42. The van der Waals surface area contributed by atoms with Crippen molar-refractivity contribution in [2.24, 2.45) is 0 Å². The van der Waals surface area contributed by atoms with E-state index in [1.54, 1.807) is 23.2 Å². The van der Waals surface area contributed by atoms with Gasteiger partial charge in [-0.25, -0.2) is 14.8 Å². The van der Waals surface area contributed by atoms with Crippen LogP contribution >= 0.6 is 23.2 Å². The number of anilines is 1. The van der Waals surface area contributed by atoms with Crippen LogP contribution in [0.1, 0.15) is 16.8 Å². The Labute approximate surface area is 143 Å². The summed E-state index contributed by atoms with van der Waals surface area (Å²) in [6, 6.07) is 5.12. The third-order valence-electron chi connectivity index (χ3n) is 3.68. The first-order valence-corrected chi connectivity index (χ1v) is 7.85. The lowest BCUT2D eigenvalue weighted by atomic mass is 10.1. The van der Waals surface area contributed by atoms with Gasteiger partial charge in [0.1, 0.15) is 0 Å². The molecule has 3 rings (SSSR count). The third-order valence-corrected chi connectivity index (χ3v) is 4.42. The number of hydrogen-bond donors (Lipinski definition) is 2. The minimum atomic E-state index is -0.154. The number of nitrogens with two attached hydrogens (primary N) is 1. The summed E-state index contributed by atoms with van der Waals surface area (Å²) < 4.78 is 0. The van der Waals surface area contributed by atoms with Gasteiger partial charge in [0.2, 0.25) is 5.95 Å². The molecule has 2 amide bonds. The summed E-state index contributed by atoms with van der Waals surface area (Å²) in [5.41, 5.74) is 8.32. The van der Waals surface area contributed by atoms with E-state index in [2.05, 4.69) is 15.3 Å². The van der Waals surface area contributed by atoms with Crippen molar-refractivity contribution in [2.75, 3.05) is 12.3 Å². The number of carbonyl (C=O) groups excluding carboxylic acids is 1. The molecule has 2 aromatic rings. The minimum Gasteiger partial charge on any atom is -0.368 e. The van der Waals surface area contributed by atoms with E-state index < -0.39 is 0 Å². The molecule has 1 aliphatic heterocycles. The van der Waals surface area contributed by atoms with Crippen molar-refractivity contribution in [3.05, 3.63) is 51.3 Å². The first-order valence-electron chi connectivity index (χ1n) is 7.10. The van der Waals surface area contributed by atoms with Gasteiger partial charge in [0.25, 0.3) is 0 Å². The molecule has 0 aliphatic carbocycles. The number of urea groups is 1. The van der Waals surface area contributed by atoms with Crippen LogP contribution in [0.2, 0.25) is 10.0 Å². The zero-order valence-corrected chi connectivity index (χ0v) is 13.7. The van der Waals surface area contributed by atoms with Crippen LogP contribution in [0.4, 0.5) is 10.7 Å². The summed E-state index contributed by atoms with van der Waals surface area (Å²) in [5.74, 6) is 0.224. The van der Waals surface area contributed by atoms with Gasteiger partial charge >= 0.3 is 6.03 Å². The molecule has 0 spiro atoms. The van der Waals surface area contributed by atoms with Gasteiger partial charge in [0.05, 0.1) is 22.3 Å². The Bertz CT molecular complexity index is 753. The zero-order valence-electron chi connectivity index (χ0n) is 12.2. The normalized spacial score (nSPS) is 13.6. The van der Waals surface area contributed by atoms with Crippen molar-refractivity contribution in [2.45, 2.75) is 19.5 Å². The predicted octanol–water partition coefficient (Wildman–Crippen LogP) is 2.63. The number of fused-ring (bicyclic) bond motifs is 1. The van der Waals surface area contributed by atoms with Gasteiger partial charge in [-0.1, -0.05) is 29.3 Å². The van der Waals surface area contributed by atoms with E-state index in [4.69, 9.17) is 28.9 Å². The first kappa shape index (κ1) is 15.8. The molecular weight excluding hydrogens is 337 g/mol. The summed E-state index contributed by atoms with van der Waals surface area (Å²) >= 11 is 11.8. The number of carbonyl (C=O) groups is 1. The lowest BCUT2D eigenvalue weighted by Gasteiger charge is -2.28. The fraction of sp³-hybridized carbons (Fsp3) is 0.267. The summed E-state index contributed by atoms with van der Waals surface area (Å²) in [5, 5.41) is 3.83. The molecule has 0 unspecified atom stereocenters. The molecule has 1 aliphatic rings. The van der Waals surface area contributed by atoms with Crippen LogP contribution in [-0.2, 0) is 19.5 Å². The second kappa shape index (κ2) is 6.60. The highest BCUT2D eigenvalue weighted by Crippen LogP contribution is 2.22. The zero-order chi connectivity index (χ0) is 16.4. The molecule has 1 aromatic carbocycles. The van der Waals surface area contributed by atoms with Gasteiger partial charge in [-0.05, 0) is 29.7 Å². The molecule has 0 saturated heterocycles. The van der Waals surface area contributed by atoms with E-state index >= 15 is 0 Å². The van der Waals surface area contributed by atoms with Crippen LogP contribution in [0, 0.1) is 0 Å². The third kappa shape index (κ3) is 3.65. The number of nitrogens with zero attached hydrogens (tertiary/aromatic N) is 3. The highest BCUT2D eigenvalue weighted by molar-refractivity contribution is 6.42. The lowest BCUT2D eigenvalue weighted by molar-refractivity contribution is 0.191. The van der Waals surface area contributed by atoms with Gasteiger partial charge in [-0.2, -0.15) is 0 Å². The average Bonchev–Trinajstić information content (AvgIpc) is 2.55. The van der Waals surface area contributed by atoms with Crippen molar-refractivity contribution in [1.82, 2.24) is 20.2 Å². The minimum absolute atomic E-state index is 0.154. The van der Waals surface area contributed by atoms with Crippen molar-refractivity contribution < 1.29 is 4.79 Å². The predicted molar refractivity (Wildman–Crippen MR) is 89.3 cm³/mol. The molecule has 8 heteroatoms. The molecule has 1 aromatic heterocycles. The summed E-state index contributed by atoms with van der Waals surface area (Å²) in [4.78, 5) is 22.2. The molecule has 6 nitrogen and oxygen atoms in total. The average molecular weight is 352 g/mol. The maximum absolute atomic E-state index is 12.3. The number of nitrogen functional groups attached to an aromatic ring is 1. The first-order chi connectivity index (χ1) is 11.0. The number of halogens is 2. The largest absolute Gasteiger partial charge is 0.368 e. The Balaban J connectivity index is 1.62. The van der Waals surface area contributed by atoms with Crippen LogP contribution in [0.5, 0.6) is 0 Å². The van der Waals surface area contributed by atoms with E-state index in [-0.39, 0.29) is 12.0 Å². The van der Waals surface area contributed by atoms with Crippen LogP contribution in [0.25, 0.3) is 0 Å². The smallest absolute Gasteiger partial charge is 0.318 e. The fourth-order valence-corrected chi connectivity index (χ4v) is 2.75. The Morgan fingerprint density at radius 2 is 2.17 bits per heavy atom. The van der Waals surface area contributed by atoms with Crippen molar-refractivity contribution >= 4 is 35.2 Å². The SMILES string of the molecule is Nc1ncc2c(n1)CN(C(=O)NCc1ccc(Cl)c(Cl)c1)CC2.